The molecule has 0 saturated carbocycles. The van der Waals surface area contributed by atoms with E-state index >= 15 is 0 Å². The largest absolute Gasteiger partial charge is 0.507 e. The van der Waals surface area contributed by atoms with E-state index in [2.05, 4.69) is 5.32 Å². The number of benzene rings is 3. The standard InChI is InChI=1S/C23H14N4O/c24-13-18(14-25)22(15-26)27-19-11-20(16-7-3-1-4-8-16)23(28)21(12-19)17-9-5-2-6-10-17/h1-12,27-28H. The lowest BCUT2D eigenvalue weighted by molar-refractivity contribution is 0.479. The summed E-state index contributed by atoms with van der Waals surface area (Å²) in [5.74, 6) is 0.103. The van der Waals surface area contributed by atoms with Crippen LogP contribution in [0.5, 0.6) is 5.75 Å². The van der Waals surface area contributed by atoms with Crippen molar-refractivity contribution in [3.05, 3.63) is 84.1 Å². The summed E-state index contributed by atoms with van der Waals surface area (Å²) in [6.07, 6.45) is 0. The molecule has 0 aliphatic heterocycles. The zero-order valence-electron chi connectivity index (χ0n) is 14.7. The third-order valence-electron chi connectivity index (χ3n) is 4.13. The van der Waals surface area contributed by atoms with E-state index in [1.54, 1.807) is 24.3 Å². The highest BCUT2D eigenvalue weighted by Gasteiger charge is 2.15. The highest BCUT2D eigenvalue weighted by atomic mass is 16.3. The Hall–Kier alpha value is -4.53. The van der Waals surface area contributed by atoms with Crippen molar-refractivity contribution in [1.82, 2.24) is 0 Å². The van der Waals surface area contributed by atoms with Crippen LogP contribution in [-0.4, -0.2) is 5.11 Å². The minimum Gasteiger partial charge on any atom is -0.507 e. The summed E-state index contributed by atoms with van der Waals surface area (Å²) >= 11 is 0. The van der Waals surface area contributed by atoms with E-state index in [-0.39, 0.29) is 17.0 Å². The Balaban J connectivity index is 2.22. The number of nitrogens with one attached hydrogen (secondary N) is 1. The van der Waals surface area contributed by atoms with Gasteiger partial charge >= 0.3 is 0 Å². The van der Waals surface area contributed by atoms with E-state index < -0.39 is 0 Å². The lowest BCUT2D eigenvalue weighted by Crippen LogP contribution is -2.01. The van der Waals surface area contributed by atoms with Crippen LogP contribution in [0.15, 0.2) is 84.1 Å². The molecule has 28 heavy (non-hydrogen) atoms. The van der Waals surface area contributed by atoms with Gasteiger partial charge in [0.15, 0.2) is 5.57 Å². The van der Waals surface area contributed by atoms with Crippen LogP contribution in [0.2, 0.25) is 0 Å². The molecule has 3 aromatic rings. The molecule has 5 nitrogen and oxygen atoms in total. The molecule has 0 radical (unpaired) electrons. The normalized spacial score (nSPS) is 9.46. The summed E-state index contributed by atoms with van der Waals surface area (Å²) in [7, 11) is 0. The molecule has 3 aromatic carbocycles. The maximum Gasteiger partial charge on any atom is 0.163 e. The Bertz CT molecular complexity index is 1080. The third kappa shape index (κ3) is 3.68. The molecule has 0 bridgehead atoms. The Kier molecular flexibility index (Phi) is 5.37. The number of rotatable bonds is 4. The summed E-state index contributed by atoms with van der Waals surface area (Å²) in [4.78, 5) is 0. The quantitative estimate of drug-likeness (QED) is 0.504. The van der Waals surface area contributed by atoms with Crippen molar-refractivity contribution in [2.45, 2.75) is 0 Å². The number of hydrogen-bond acceptors (Lipinski definition) is 5. The monoisotopic (exact) mass is 362 g/mol. The van der Waals surface area contributed by atoms with Gasteiger partial charge in [0.1, 0.15) is 29.7 Å². The van der Waals surface area contributed by atoms with Crippen molar-refractivity contribution in [3.63, 3.8) is 0 Å². The van der Waals surface area contributed by atoms with Crippen LogP contribution in [0.25, 0.3) is 22.3 Å². The average molecular weight is 362 g/mol. The lowest BCUT2D eigenvalue weighted by atomic mass is 9.96. The van der Waals surface area contributed by atoms with E-state index in [9.17, 15) is 10.4 Å². The van der Waals surface area contributed by atoms with Crippen molar-refractivity contribution >= 4 is 5.69 Å². The molecule has 0 aromatic heterocycles. The van der Waals surface area contributed by atoms with Gasteiger partial charge in [0, 0.05) is 16.8 Å². The van der Waals surface area contributed by atoms with Gasteiger partial charge < -0.3 is 10.4 Å². The number of hydrogen-bond donors (Lipinski definition) is 2. The zero-order valence-corrected chi connectivity index (χ0v) is 14.7. The number of allylic oxidation sites excluding steroid dienone is 2. The van der Waals surface area contributed by atoms with Crippen molar-refractivity contribution in [3.8, 4) is 46.2 Å². The molecular formula is C23H14N4O. The van der Waals surface area contributed by atoms with Crippen molar-refractivity contribution < 1.29 is 5.11 Å². The van der Waals surface area contributed by atoms with Gasteiger partial charge in [-0.15, -0.1) is 0 Å². The second-order valence-electron chi connectivity index (χ2n) is 5.86. The Morgan fingerprint density at radius 2 is 1.18 bits per heavy atom. The van der Waals surface area contributed by atoms with Crippen LogP contribution in [-0.2, 0) is 0 Å². The van der Waals surface area contributed by atoms with Gasteiger partial charge in [0.05, 0.1) is 0 Å². The third-order valence-corrected chi connectivity index (χ3v) is 4.13. The number of phenols is 1. The average Bonchev–Trinajstić information content (AvgIpc) is 2.76. The highest BCUT2D eigenvalue weighted by Crippen LogP contribution is 2.41. The number of nitrogens with zero attached hydrogens (tertiary/aromatic N) is 3. The predicted octanol–water partition coefficient (Wildman–Crippen LogP) is 4.96. The van der Waals surface area contributed by atoms with Gasteiger partial charge in [0.25, 0.3) is 0 Å². The van der Waals surface area contributed by atoms with Gasteiger partial charge in [-0.3, -0.25) is 0 Å². The fourth-order valence-corrected chi connectivity index (χ4v) is 2.81. The molecule has 0 aliphatic rings. The second-order valence-corrected chi connectivity index (χ2v) is 5.86. The van der Waals surface area contributed by atoms with Crippen LogP contribution in [0.3, 0.4) is 0 Å². The first kappa shape index (κ1) is 18.3. The molecular weight excluding hydrogens is 348 g/mol. The molecule has 0 saturated heterocycles. The van der Waals surface area contributed by atoms with Crippen molar-refractivity contribution in [2.75, 3.05) is 5.32 Å². The smallest absolute Gasteiger partial charge is 0.163 e. The summed E-state index contributed by atoms with van der Waals surface area (Å²) in [6.45, 7) is 0. The van der Waals surface area contributed by atoms with Gasteiger partial charge in [0.2, 0.25) is 0 Å². The predicted molar refractivity (Wildman–Crippen MR) is 106 cm³/mol. The molecule has 0 heterocycles. The molecule has 0 atom stereocenters. The fraction of sp³-hybridized carbons (Fsp3) is 0. The van der Waals surface area contributed by atoms with E-state index in [1.807, 2.05) is 66.7 Å². The summed E-state index contributed by atoms with van der Waals surface area (Å²) in [6, 6.07) is 27.3. The maximum atomic E-state index is 10.9. The maximum absolute atomic E-state index is 10.9. The fourth-order valence-electron chi connectivity index (χ4n) is 2.81. The van der Waals surface area contributed by atoms with Crippen molar-refractivity contribution in [2.24, 2.45) is 0 Å². The molecule has 2 N–H and O–H groups in total. The first-order chi connectivity index (χ1) is 13.7. The molecule has 0 unspecified atom stereocenters. The molecule has 132 valence electrons. The van der Waals surface area contributed by atoms with E-state index in [0.29, 0.717) is 16.8 Å². The number of anilines is 1. The SMILES string of the molecule is N#CC(C#N)=C(C#N)Nc1cc(-c2ccccc2)c(O)c(-c2ccccc2)c1. The minimum absolute atomic E-state index is 0.103. The Morgan fingerprint density at radius 3 is 1.57 bits per heavy atom. The topological polar surface area (TPSA) is 104 Å². The van der Waals surface area contributed by atoms with E-state index in [4.69, 9.17) is 10.5 Å². The van der Waals surface area contributed by atoms with Crippen LogP contribution in [0, 0.1) is 34.0 Å². The molecule has 3 rings (SSSR count). The first-order valence-electron chi connectivity index (χ1n) is 8.37. The van der Waals surface area contributed by atoms with Gasteiger partial charge in [-0.25, -0.2) is 0 Å². The van der Waals surface area contributed by atoms with E-state index in [0.717, 1.165) is 11.1 Å². The molecule has 5 heteroatoms. The highest BCUT2D eigenvalue weighted by molar-refractivity contribution is 5.86. The zero-order chi connectivity index (χ0) is 19.9. The van der Waals surface area contributed by atoms with E-state index in [1.165, 1.54) is 0 Å². The van der Waals surface area contributed by atoms with Crippen LogP contribution >= 0.6 is 0 Å². The lowest BCUT2D eigenvalue weighted by Gasteiger charge is -2.15. The van der Waals surface area contributed by atoms with Crippen LogP contribution < -0.4 is 5.32 Å². The molecule has 0 fully saturated rings. The summed E-state index contributed by atoms with van der Waals surface area (Å²) < 4.78 is 0. The van der Waals surface area contributed by atoms with Crippen LogP contribution in [0.1, 0.15) is 0 Å². The summed E-state index contributed by atoms with van der Waals surface area (Å²) in [5, 5.41) is 41.2. The number of nitriles is 3. The summed E-state index contributed by atoms with van der Waals surface area (Å²) in [5.41, 5.74) is 2.75. The Labute approximate surface area is 162 Å². The minimum atomic E-state index is -0.307. The van der Waals surface area contributed by atoms with Crippen molar-refractivity contribution in [1.29, 1.82) is 15.8 Å². The van der Waals surface area contributed by atoms with Gasteiger partial charge in [-0.2, -0.15) is 15.8 Å². The van der Waals surface area contributed by atoms with Gasteiger partial charge in [-0.1, -0.05) is 60.7 Å². The van der Waals surface area contributed by atoms with Crippen LogP contribution in [0.4, 0.5) is 5.69 Å². The Morgan fingerprint density at radius 1 is 0.714 bits per heavy atom. The molecule has 0 aliphatic carbocycles. The number of aromatic hydroxyl groups is 1. The second kappa shape index (κ2) is 8.23. The first-order valence-corrected chi connectivity index (χ1v) is 8.37. The molecule has 0 amide bonds. The van der Waals surface area contributed by atoms with Gasteiger partial charge in [-0.05, 0) is 23.3 Å². The molecule has 0 spiro atoms. The number of phenolic OH excluding ortho intramolecular Hbond substituents is 1.